The summed E-state index contributed by atoms with van der Waals surface area (Å²) in [5, 5.41) is 6.60. The van der Waals surface area contributed by atoms with Gasteiger partial charge in [0.15, 0.2) is 5.96 Å². The first-order valence-corrected chi connectivity index (χ1v) is 8.51. The molecule has 0 heterocycles. The maximum Gasteiger partial charge on any atom is 0.191 e. The van der Waals surface area contributed by atoms with Gasteiger partial charge in [0.05, 0.1) is 13.7 Å². The van der Waals surface area contributed by atoms with E-state index in [4.69, 9.17) is 9.47 Å². The van der Waals surface area contributed by atoms with Gasteiger partial charge in [-0.05, 0) is 29.7 Å². The number of halogens is 1. The van der Waals surface area contributed by atoms with Gasteiger partial charge in [0.1, 0.15) is 5.75 Å². The summed E-state index contributed by atoms with van der Waals surface area (Å²) >= 11 is 0. The second kappa shape index (κ2) is 13.4. The normalized spacial score (nSPS) is 10.8. The molecule has 5 nitrogen and oxygen atoms in total. The van der Waals surface area contributed by atoms with Crippen LogP contribution in [0.5, 0.6) is 5.75 Å². The Labute approximate surface area is 173 Å². The van der Waals surface area contributed by atoms with Crippen LogP contribution in [0.4, 0.5) is 0 Å². The standard InChI is InChI=1S/C20H27N3O2.HI/c1-21-20(23-15-17-7-4-3-5-8-17)22-13-6-14-25-16-18-9-11-19(24-2)12-10-18;/h3-5,7-12H,6,13-16H2,1-2H3,(H2,21,22,23);1H. The number of hydrogen-bond acceptors (Lipinski definition) is 3. The molecular weight excluding hydrogens is 441 g/mol. The maximum atomic E-state index is 5.70. The van der Waals surface area contributed by atoms with Crippen LogP contribution in [-0.4, -0.2) is 33.3 Å². The first-order chi connectivity index (χ1) is 12.3. The number of benzene rings is 2. The summed E-state index contributed by atoms with van der Waals surface area (Å²) in [5.41, 5.74) is 2.38. The van der Waals surface area contributed by atoms with Gasteiger partial charge in [-0.2, -0.15) is 0 Å². The van der Waals surface area contributed by atoms with E-state index in [9.17, 15) is 0 Å². The molecule has 0 fully saturated rings. The average Bonchev–Trinajstić information content (AvgIpc) is 2.68. The van der Waals surface area contributed by atoms with Crippen molar-refractivity contribution in [3.8, 4) is 5.75 Å². The summed E-state index contributed by atoms with van der Waals surface area (Å²) in [6.45, 7) is 2.89. The van der Waals surface area contributed by atoms with Crippen molar-refractivity contribution in [2.45, 2.75) is 19.6 Å². The van der Waals surface area contributed by atoms with Crippen molar-refractivity contribution in [1.82, 2.24) is 10.6 Å². The molecule has 142 valence electrons. The van der Waals surface area contributed by atoms with Crippen molar-refractivity contribution in [1.29, 1.82) is 0 Å². The molecule has 0 spiro atoms. The molecule has 0 aliphatic carbocycles. The number of hydrogen-bond donors (Lipinski definition) is 2. The predicted molar refractivity (Wildman–Crippen MR) is 117 cm³/mol. The van der Waals surface area contributed by atoms with Crippen molar-refractivity contribution in [2.24, 2.45) is 4.99 Å². The fourth-order valence-electron chi connectivity index (χ4n) is 2.30. The molecule has 0 unspecified atom stereocenters. The minimum atomic E-state index is 0. The lowest BCUT2D eigenvalue weighted by atomic mass is 10.2. The lowest BCUT2D eigenvalue weighted by molar-refractivity contribution is 0.119. The molecular formula is C20H28IN3O2. The number of guanidine groups is 1. The first kappa shape index (κ1) is 22.2. The van der Waals surface area contributed by atoms with Gasteiger partial charge in [-0.15, -0.1) is 24.0 Å². The van der Waals surface area contributed by atoms with E-state index in [-0.39, 0.29) is 24.0 Å². The van der Waals surface area contributed by atoms with Gasteiger partial charge >= 0.3 is 0 Å². The lowest BCUT2D eigenvalue weighted by Gasteiger charge is -2.12. The molecule has 2 N–H and O–H groups in total. The summed E-state index contributed by atoms with van der Waals surface area (Å²) in [6.07, 6.45) is 0.919. The van der Waals surface area contributed by atoms with E-state index in [2.05, 4.69) is 27.8 Å². The van der Waals surface area contributed by atoms with Gasteiger partial charge in [-0.25, -0.2) is 0 Å². The Kier molecular flexibility index (Phi) is 11.5. The second-order valence-electron chi connectivity index (χ2n) is 5.59. The number of rotatable bonds is 9. The molecule has 0 amide bonds. The summed E-state index contributed by atoms with van der Waals surface area (Å²) in [7, 11) is 3.45. The van der Waals surface area contributed by atoms with Crippen LogP contribution in [0.3, 0.4) is 0 Å². The van der Waals surface area contributed by atoms with Gasteiger partial charge in [0.25, 0.3) is 0 Å². The summed E-state index contributed by atoms with van der Waals surface area (Å²) in [6, 6.07) is 18.2. The van der Waals surface area contributed by atoms with Crippen LogP contribution >= 0.6 is 24.0 Å². The van der Waals surface area contributed by atoms with E-state index in [0.29, 0.717) is 13.2 Å². The highest BCUT2D eigenvalue weighted by atomic mass is 127. The molecule has 0 radical (unpaired) electrons. The molecule has 0 aromatic heterocycles. The third-order valence-electron chi connectivity index (χ3n) is 3.71. The molecule has 2 rings (SSSR count). The third kappa shape index (κ3) is 8.53. The van der Waals surface area contributed by atoms with Crippen molar-refractivity contribution < 1.29 is 9.47 Å². The van der Waals surface area contributed by atoms with Gasteiger partial charge in [0, 0.05) is 26.7 Å². The predicted octanol–water partition coefficient (Wildman–Crippen LogP) is 3.59. The van der Waals surface area contributed by atoms with E-state index in [1.807, 2.05) is 42.5 Å². The summed E-state index contributed by atoms with van der Waals surface area (Å²) < 4.78 is 10.8. The van der Waals surface area contributed by atoms with E-state index in [0.717, 1.165) is 36.8 Å². The maximum absolute atomic E-state index is 5.70. The number of methoxy groups -OCH3 is 1. The van der Waals surface area contributed by atoms with Crippen LogP contribution in [0.15, 0.2) is 59.6 Å². The lowest BCUT2D eigenvalue weighted by Crippen LogP contribution is -2.37. The van der Waals surface area contributed by atoms with Crippen LogP contribution in [0.25, 0.3) is 0 Å². The quantitative estimate of drug-likeness (QED) is 0.255. The van der Waals surface area contributed by atoms with Crippen LogP contribution in [-0.2, 0) is 17.9 Å². The Morgan fingerprint density at radius 1 is 0.962 bits per heavy atom. The molecule has 0 bridgehead atoms. The van der Waals surface area contributed by atoms with Crippen LogP contribution in [0.2, 0.25) is 0 Å². The Bertz CT molecular complexity index is 633. The van der Waals surface area contributed by atoms with Gasteiger partial charge in [-0.1, -0.05) is 42.5 Å². The van der Waals surface area contributed by atoms with Crippen molar-refractivity contribution in [3.05, 3.63) is 65.7 Å². The zero-order valence-corrected chi connectivity index (χ0v) is 17.7. The van der Waals surface area contributed by atoms with Crippen LogP contribution < -0.4 is 15.4 Å². The number of nitrogens with one attached hydrogen (secondary N) is 2. The molecule has 2 aromatic carbocycles. The van der Waals surface area contributed by atoms with Crippen molar-refractivity contribution >= 4 is 29.9 Å². The van der Waals surface area contributed by atoms with E-state index < -0.39 is 0 Å². The molecule has 6 heteroatoms. The monoisotopic (exact) mass is 469 g/mol. The summed E-state index contributed by atoms with van der Waals surface area (Å²) in [5.74, 6) is 1.67. The van der Waals surface area contributed by atoms with Gasteiger partial charge in [-0.3, -0.25) is 4.99 Å². The molecule has 0 aliphatic rings. The Morgan fingerprint density at radius 2 is 1.69 bits per heavy atom. The minimum Gasteiger partial charge on any atom is -0.497 e. The highest BCUT2D eigenvalue weighted by molar-refractivity contribution is 14.0. The van der Waals surface area contributed by atoms with Crippen LogP contribution in [0, 0.1) is 0 Å². The van der Waals surface area contributed by atoms with E-state index in [1.54, 1.807) is 14.2 Å². The Hall–Kier alpha value is -1.80. The smallest absolute Gasteiger partial charge is 0.191 e. The highest BCUT2D eigenvalue weighted by Gasteiger charge is 1.98. The first-order valence-electron chi connectivity index (χ1n) is 8.51. The van der Waals surface area contributed by atoms with Crippen molar-refractivity contribution in [3.63, 3.8) is 0 Å². The minimum absolute atomic E-state index is 0. The highest BCUT2D eigenvalue weighted by Crippen LogP contribution is 2.11. The Balaban J connectivity index is 0.00000338. The number of aliphatic imine (C=N–C) groups is 1. The molecule has 0 aliphatic heterocycles. The molecule has 0 atom stereocenters. The fraction of sp³-hybridized carbons (Fsp3) is 0.350. The molecule has 2 aromatic rings. The Morgan fingerprint density at radius 3 is 2.35 bits per heavy atom. The average molecular weight is 469 g/mol. The van der Waals surface area contributed by atoms with E-state index in [1.165, 1.54) is 5.56 Å². The topological polar surface area (TPSA) is 54.9 Å². The third-order valence-corrected chi connectivity index (χ3v) is 3.71. The zero-order valence-electron chi connectivity index (χ0n) is 15.4. The largest absolute Gasteiger partial charge is 0.497 e. The number of nitrogens with zero attached hydrogens (tertiary/aromatic N) is 1. The van der Waals surface area contributed by atoms with Gasteiger partial charge in [0.2, 0.25) is 0 Å². The zero-order chi connectivity index (χ0) is 17.7. The van der Waals surface area contributed by atoms with Crippen LogP contribution in [0.1, 0.15) is 17.5 Å². The fourth-order valence-corrected chi connectivity index (χ4v) is 2.30. The molecule has 26 heavy (non-hydrogen) atoms. The SMILES string of the molecule is CN=C(NCCCOCc1ccc(OC)cc1)NCc1ccccc1.I. The molecule has 0 saturated heterocycles. The molecule has 0 saturated carbocycles. The van der Waals surface area contributed by atoms with Crippen molar-refractivity contribution in [2.75, 3.05) is 27.3 Å². The van der Waals surface area contributed by atoms with Gasteiger partial charge < -0.3 is 20.1 Å². The number of ether oxygens (including phenoxy) is 2. The second-order valence-corrected chi connectivity index (χ2v) is 5.59. The summed E-state index contributed by atoms with van der Waals surface area (Å²) in [4.78, 5) is 4.23. The van der Waals surface area contributed by atoms with E-state index >= 15 is 0 Å².